The highest BCUT2D eigenvalue weighted by molar-refractivity contribution is 6.53. The van der Waals surface area contributed by atoms with Crippen molar-refractivity contribution >= 4 is 9.05 Å². The van der Waals surface area contributed by atoms with Gasteiger partial charge in [-0.15, -0.1) is 0 Å². The molecular weight excluding hydrogens is 292 g/mol. The van der Waals surface area contributed by atoms with Gasteiger partial charge in [0, 0.05) is 26.4 Å². The van der Waals surface area contributed by atoms with Gasteiger partial charge in [0.15, 0.2) is 0 Å². The molecule has 2 unspecified atom stereocenters. The first-order valence-corrected chi connectivity index (χ1v) is 9.70. The summed E-state index contributed by atoms with van der Waals surface area (Å²) in [6, 6.07) is 0. The molecule has 0 aromatic heterocycles. The van der Waals surface area contributed by atoms with Crippen LogP contribution in [0.2, 0.25) is 0 Å². The van der Waals surface area contributed by atoms with Crippen molar-refractivity contribution in [2.75, 3.05) is 39.6 Å². The molecule has 7 heteroatoms. The summed E-state index contributed by atoms with van der Waals surface area (Å²) in [4.78, 5) is 0. The van der Waals surface area contributed by atoms with Gasteiger partial charge in [0.1, 0.15) is 0 Å². The average Bonchev–Trinajstić information content (AvgIpc) is 3.17. The van der Waals surface area contributed by atoms with Crippen LogP contribution in [-0.2, 0) is 27.2 Å². The van der Waals surface area contributed by atoms with E-state index in [2.05, 4.69) is 0 Å². The fraction of sp³-hybridized carbons (Fsp3) is 1.00. The van der Waals surface area contributed by atoms with E-state index < -0.39 is 9.05 Å². The molecule has 0 radical (unpaired) electrons. The number of rotatable bonds is 10. The second kappa shape index (κ2) is 9.19. The maximum Gasteiger partial charge on any atom is 0.679 e. The zero-order valence-corrected chi connectivity index (χ0v) is 14.2. The normalized spacial score (nSPS) is 26.6. The molecule has 2 aliphatic heterocycles. The van der Waals surface area contributed by atoms with Crippen LogP contribution in [0.1, 0.15) is 39.5 Å². The predicted octanol–water partition coefficient (Wildman–Crippen LogP) is 1.89. The summed E-state index contributed by atoms with van der Waals surface area (Å²) < 4.78 is 34.6. The van der Waals surface area contributed by atoms with Gasteiger partial charge in [0.05, 0.1) is 25.4 Å². The Morgan fingerprint density at radius 2 is 1.29 bits per heavy atom. The van der Waals surface area contributed by atoms with E-state index >= 15 is 0 Å². The third kappa shape index (κ3) is 5.59. The quantitative estimate of drug-likeness (QED) is 0.573. The molecule has 0 aromatic rings. The lowest BCUT2D eigenvalue weighted by molar-refractivity contribution is -0.0661. The van der Waals surface area contributed by atoms with Crippen molar-refractivity contribution in [2.45, 2.75) is 51.7 Å². The van der Waals surface area contributed by atoms with Gasteiger partial charge in [-0.3, -0.25) is 0 Å². The molecule has 2 heterocycles. The Hall–Kier alpha value is -0.0231. The minimum Gasteiger partial charge on any atom is -0.376 e. The second-order valence-corrected chi connectivity index (χ2v) is 7.41. The van der Waals surface area contributed by atoms with Crippen molar-refractivity contribution in [1.82, 2.24) is 0 Å². The Bertz CT molecular complexity index is 251. The zero-order valence-electron chi connectivity index (χ0n) is 13.2. The van der Waals surface area contributed by atoms with Crippen LogP contribution in [0, 0.1) is 0 Å². The SMILES string of the molecule is CCO[Si](OCC)(OCC1CCCO1)OCC1CCCO1. The summed E-state index contributed by atoms with van der Waals surface area (Å²) in [6.45, 7) is 7.41. The molecule has 0 aromatic carbocycles. The molecule has 0 saturated carbocycles. The van der Waals surface area contributed by atoms with E-state index in [0.717, 1.165) is 38.9 Å². The van der Waals surface area contributed by atoms with Gasteiger partial charge in [0.25, 0.3) is 0 Å². The number of hydrogen-bond donors (Lipinski definition) is 0. The fourth-order valence-electron chi connectivity index (χ4n) is 2.55. The minimum atomic E-state index is -3.09. The molecule has 124 valence electrons. The van der Waals surface area contributed by atoms with Crippen LogP contribution in [0.4, 0.5) is 0 Å². The van der Waals surface area contributed by atoms with E-state index in [-0.39, 0.29) is 12.2 Å². The minimum absolute atomic E-state index is 0.129. The Kier molecular flexibility index (Phi) is 7.59. The van der Waals surface area contributed by atoms with Crippen LogP contribution in [0.3, 0.4) is 0 Å². The molecule has 2 rings (SSSR count). The highest BCUT2D eigenvalue weighted by Crippen LogP contribution is 2.20. The average molecular weight is 320 g/mol. The molecular formula is C14H28O6Si. The molecule has 21 heavy (non-hydrogen) atoms. The van der Waals surface area contributed by atoms with Gasteiger partial charge >= 0.3 is 9.05 Å². The van der Waals surface area contributed by atoms with Gasteiger partial charge in [0.2, 0.25) is 0 Å². The first kappa shape index (κ1) is 17.3. The largest absolute Gasteiger partial charge is 0.679 e. The van der Waals surface area contributed by atoms with Crippen LogP contribution < -0.4 is 0 Å². The molecule has 0 aliphatic carbocycles. The van der Waals surface area contributed by atoms with Gasteiger partial charge < -0.3 is 27.2 Å². The molecule has 0 spiro atoms. The Labute approximate surface area is 128 Å². The maximum atomic E-state index is 5.95. The van der Waals surface area contributed by atoms with Crippen molar-refractivity contribution in [1.29, 1.82) is 0 Å². The summed E-state index contributed by atoms with van der Waals surface area (Å²) >= 11 is 0. The third-order valence-corrected chi connectivity index (χ3v) is 5.91. The van der Waals surface area contributed by atoms with Crippen molar-refractivity contribution in [3.05, 3.63) is 0 Å². The standard InChI is InChI=1S/C14H28O6Si/c1-3-17-21(18-4-2,19-11-13-7-5-9-15-13)20-12-14-8-6-10-16-14/h13-14H,3-12H2,1-2H3. The van der Waals surface area contributed by atoms with Crippen LogP contribution in [0.25, 0.3) is 0 Å². The molecule has 2 fully saturated rings. The van der Waals surface area contributed by atoms with Crippen LogP contribution >= 0.6 is 0 Å². The lowest BCUT2D eigenvalue weighted by Crippen LogP contribution is -2.51. The molecule has 0 amide bonds. The van der Waals surface area contributed by atoms with Crippen molar-refractivity contribution in [3.8, 4) is 0 Å². The van der Waals surface area contributed by atoms with Gasteiger partial charge in [-0.25, -0.2) is 0 Å². The van der Waals surface area contributed by atoms with Crippen molar-refractivity contribution < 1.29 is 27.2 Å². The molecule has 0 N–H and O–H groups in total. The first-order valence-electron chi connectivity index (χ1n) is 8.07. The zero-order chi connectivity index (χ0) is 15.0. The van der Waals surface area contributed by atoms with Crippen LogP contribution in [-0.4, -0.2) is 60.9 Å². The molecule has 0 bridgehead atoms. The van der Waals surface area contributed by atoms with E-state index in [1.807, 2.05) is 13.8 Å². The van der Waals surface area contributed by atoms with Crippen molar-refractivity contribution in [3.63, 3.8) is 0 Å². The number of hydrogen-bond acceptors (Lipinski definition) is 6. The van der Waals surface area contributed by atoms with Gasteiger partial charge in [-0.05, 0) is 39.5 Å². The Morgan fingerprint density at radius 1 is 0.810 bits per heavy atom. The highest BCUT2D eigenvalue weighted by Gasteiger charge is 2.46. The summed E-state index contributed by atoms with van der Waals surface area (Å²) in [6.07, 6.45) is 4.47. The number of ether oxygens (including phenoxy) is 2. The van der Waals surface area contributed by atoms with E-state index in [1.54, 1.807) is 0 Å². The molecule has 2 saturated heterocycles. The van der Waals surface area contributed by atoms with E-state index in [0.29, 0.717) is 26.4 Å². The van der Waals surface area contributed by atoms with Gasteiger partial charge in [-0.1, -0.05) is 0 Å². The Balaban J connectivity index is 1.86. The lowest BCUT2D eigenvalue weighted by Gasteiger charge is -2.29. The molecule has 6 nitrogen and oxygen atoms in total. The summed E-state index contributed by atoms with van der Waals surface area (Å²) in [7, 11) is -3.09. The lowest BCUT2D eigenvalue weighted by atomic mass is 10.2. The van der Waals surface area contributed by atoms with Crippen LogP contribution in [0.5, 0.6) is 0 Å². The Morgan fingerprint density at radius 3 is 1.62 bits per heavy atom. The van der Waals surface area contributed by atoms with E-state index in [4.69, 9.17) is 27.2 Å². The second-order valence-electron chi connectivity index (χ2n) is 5.26. The van der Waals surface area contributed by atoms with E-state index in [9.17, 15) is 0 Å². The summed E-state index contributed by atoms with van der Waals surface area (Å²) in [5, 5.41) is 0. The topological polar surface area (TPSA) is 55.4 Å². The smallest absolute Gasteiger partial charge is 0.376 e. The van der Waals surface area contributed by atoms with E-state index in [1.165, 1.54) is 0 Å². The summed E-state index contributed by atoms with van der Waals surface area (Å²) in [5.74, 6) is 0. The third-order valence-electron chi connectivity index (χ3n) is 3.58. The highest BCUT2D eigenvalue weighted by atomic mass is 28.4. The monoisotopic (exact) mass is 320 g/mol. The van der Waals surface area contributed by atoms with Gasteiger partial charge in [-0.2, -0.15) is 0 Å². The summed E-state index contributed by atoms with van der Waals surface area (Å²) in [5.41, 5.74) is 0. The first-order chi connectivity index (χ1) is 10.3. The van der Waals surface area contributed by atoms with Crippen LogP contribution in [0.15, 0.2) is 0 Å². The fourth-order valence-corrected chi connectivity index (χ4v) is 4.53. The molecule has 2 aliphatic rings. The van der Waals surface area contributed by atoms with Crippen molar-refractivity contribution in [2.24, 2.45) is 0 Å². The maximum absolute atomic E-state index is 5.95. The predicted molar refractivity (Wildman–Crippen MR) is 78.9 cm³/mol. The molecule has 2 atom stereocenters.